The van der Waals surface area contributed by atoms with Gasteiger partial charge in [0, 0.05) is 56.7 Å². The number of hydrogen-bond acceptors (Lipinski definition) is 9. The van der Waals surface area contributed by atoms with Gasteiger partial charge in [-0.25, -0.2) is 9.97 Å². The summed E-state index contributed by atoms with van der Waals surface area (Å²) in [5, 5.41) is 8.17. The predicted octanol–water partition coefficient (Wildman–Crippen LogP) is 4.64. The van der Waals surface area contributed by atoms with Crippen LogP contribution in [0.25, 0.3) is 17.2 Å². The Morgan fingerprint density at radius 1 is 0.950 bits per heavy atom. The van der Waals surface area contributed by atoms with E-state index >= 15 is 0 Å². The van der Waals surface area contributed by atoms with Crippen LogP contribution in [0.3, 0.4) is 0 Å². The van der Waals surface area contributed by atoms with Gasteiger partial charge in [0.15, 0.2) is 22.9 Å². The second-order valence-corrected chi connectivity index (χ2v) is 9.85. The summed E-state index contributed by atoms with van der Waals surface area (Å²) in [5.41, 5.74) is 5.43. The van der Waals surface area contributed by atoms with Crippen molar-refractivity contribution in [3.05, 3.63) is 83.7 Å². The van der Waals surface area contributed by atoms with Crippen LogP contribution >= 0.6 is 0 Å². The van der Waals surface area contributed by atoms with Crippen molar-refractivity contribution in [3.8, 4) is 23.1 Å². The number of piperazine rings is 1. The van der Waals surface area contributed by atoms with Gasteiger partial charge < -0.3 is 24.1 Å². The van der Waals surface area contributed by atoms with Gasteiger partial charge in [0.2, 0.25) is 11.8 Å². The molecule has 2 aromatic carbocycles. The average molecular weight is 540 g/mol. The molecule has 0 unspecified atom stereocenters. The maximum atomic E-state index is 5.60. The molecule has 0 spiro atoms. The van der Waals surface area contributed by atoms with Gasteiger partial charge >= 0.3 is 0 Å². The summed E-state index contributed by atoms with van der Waals surface area (Å²) in [4.78, 5) is 14.5. The Hall–Kier alpha value is -4.57. The van der Waals surface area contributed by atoms with E-state index in [0.29, 0.717) is 35.6 Å². The number of methoxy groups -OCH3 is 2. The fourth-order valence-corrected chi connectivity index (χ4v) is 5.14. The maximum Gasteiger partial charge on any atom is 0.226 e. The Labute approximate surface area is 233 Å². The van der Waals surface area contributed by atoms with Gasteiger partial charge in [0.1, 0.15) is 0 Å². The Morgan fingerprint density at radius 3 is 2.52 bits per heavy atom. The van der Waals surface area contributed by atoms with Crippen LogP contribution in [-0.4, -0.2) is 64.9 Å². The van der Waals surface area contributed by atoms with Gasteiger partial charge in [-0.05, 0) is 48.4 Å². The summed E-state index contributed by atoms with van der Waals surface area (Å²) in [7, 11) is 3.26. The number of rotatable bonds is 9. The molecule has 1 N–H and O–H groups in total. The minimum Gasteiger partial charge on any atom is -0.493 e. The van der Waals surface area contributed by atoms with E-state index < -0.39 is 0 Å². The van der Waals surface area contributed by atoms with Crippen molar-refractivity contribution in [1.29, 1.82) is 0 Å². The molecule has 0 amide bonds. The van der Waals surface area contributed by atoms with Crippen LogP contribution in [0.4, 0.5) is 11.6 Å². The normalized spacial score (nSPS) is 14.0. The molecule has 0 radical (unpaired) electrons. The van der Waals surface area contributed by atoms with Gasteiger partial charge in [-0.3, -0.25) is 4.90 Å². The molecule has 5 aromatic rings. The lowest BCUT2D eigenvalue weighted by Crippen LogP contribution is -2.46. The maximum absolute atomic E-state index is 5.60. The minimum absolute atomic E-state index is 0.526. The number of fused-ring (bicyclic) bond motifs is 1. The molecule has 6 rings (SSSR count). The number of furan rings is 1. The van der Waals surface area contributed by atoms with Crippen molar-refractivity contribution in [2.75, 3.05) is 50.6 Å². The third-order valence-electron chi connectivity index (χ3n) is 7.30. The second-order valence-electron chi connectivity index (χ2n) is 9.85. The largest absolute Gasteiger partial charge is 0.493 e. The zero-order valence-corrected chi connectivity index (χ0v) is 23.0. The number of nitrogens with one attached hydrogen (secondary N) is 1. The van der Waals surface area contributed by atoms with E-state index in [0.717, 1.165) is 49.5 Å². The number of aromatic nitrogens is 4. The fraction of sp³-hybridized carbons (Fsp3) is 0.300. The molecule has 0 saturated carbocycles. The second kappa shape index (κ2) is 11.3. The molecular formula is C30H33N7O3. The van der Waals surface area contributed by atoms with Crippen molar-refractivity contribution in [3.63, 3.8) is 0 Å². The van der Waals surface area contributed by atoms with Crippen molar-refractivity contribution < 1.29 is 13.9 Å². The Balaban J connectivity index is 1.23. The van der Waals surface area contributed by atoms with Crippen LogP contribution in [0.5, 0.6) is 11.5 Å². The first kappa shape index (κ1) is 25.7. The van der Waals surface area contributed by atoms with E-state index in [1.54, 1.807) is 25.0 Å². The van der Waals surface area contributed by atoms with E-state index in [1.165, 1.54) is 11.3 Å². The molecule has 10 nitrogen and oxygen atoms in total. The molecule has 1 aliphatic heterocycles. The van der Waals surface area contributed by atoms with Crippen LogP contribution in [0.15, 0.2) is 71.5 Å². The standard InChI is InChI=1S/C30H33N7O3/c1-21-7-4-5-8-24(21)36-14-12-35(13-15-36)20-23-19-32-30(31-18-22-10-11-25(38-2)27(17-22)39-3)37-29(23)33-28(34-37)26-9-6-16-40-26/h4-11,16-17,19H,12-15,18,20H2,1-3H3,(H,31,32). The molecule has 4 heterocycles. The third-order valence-corrected chi connectivity index (χ3v) is 7.30. The molecule has 10 heteroatoms. The van der Waals surface area contributed by atoms with Crippen LogP contribution in [0, 0.1) is 6.92 Å². The van der Waals surface area contributed by atoms with Crippen LogP contribution < -0.4 is 19.7 Å². The van der Waals surface area contributed by atoms with E-state index in [4.69, 9.17) is 29.0 Å². The molecule has 1 aliphatic rings. The monoisotopic (exact) mass is 539 g/mol. The molecule has 1 saturated heterocycles. The van der Waals surface area contributed by atoms with Gasteiger partial charge in [0.05, 0.1) is 20.5 Å². The lowest BCUT2D eigenvalue weighted by molar-refractivity contribution is 0.250. The summed E-state index contributed by atoms with van der Waals surface area (Å²) < 4.78 is 18.2. The van der Waals surface area contributed by atoms with E-state index in [-0.39, 0.29) is 0 Å². The molecule has 0 atom stereocenters. The smallest absolute Gasteiger partial charge is 0.226 e. The van der Waals surface area contributed by atoms with Crippen molar-refractivity contribution in [2.45, 2.75) is 20.0 Å². The van der Waals surface area contributed by atoms with Crippen LogP contribution in [0.2, 0.25) is 0 Å². The zero-order chi connectivity index (χ0) is 27.5. The Bertz CT molecular complexity index is 1590. The highest BCUT2D eigenvalue weighted by atomic mass is 16.5. The SMILES string of the molecule is COc1ccc(CNc2ncc(CN3CCN(c4ccccc4C)CC3)c3nc(-c4ccco4)nn23)cc1OC. The number of ether oxygens (including phenoxy) is 2. The number of para-hydroxylation sites is 1. The third kappa shape index (κ3) is 5.17. The van der Waals surface area contributed by atoms with Gasteiger partial charge in [-0.15, -0.1) is 5.10 Å². The van der Waals surface area contributed by atoms with Crippen molar-refractivity contribution >= 4 is 17.3 Å². The Morgan fingerprint density at radius 2 is 1.77 bits per heavy atom. The molecule has 3 aromatic heterocycles. The summed E-state index contributed by atoms with van der Waals surface area (Å²) in [6, 6.07) is 18.1. The predicted molar refractivity (Wildman–Crippen MR) is 154 cm³/mol. The first-order valence-electron chi connectivity index (χ1n) is 13.4. The highest BCUT2D eigenvalue weighted by molar-refractivity contribution is 5.58. The quantitative estimate of drug-likeness (QED) is 0.287. The average Bonchev–Trinajstić information content (AvgIpc) is 3.68. The van der Waals surface area contributed by atoms with E-state index in [9.17, 15) is 0 Å². The fourth-order valence-electron chi connectivity index (χ4n) is 5.14. The number of anilines is 2. The molecule has 1 fully saturated rings. The number of hydrogen-bond donors (Lipinski definition) is 1. The first-order chi connectivity index (χ1) is 19.6. The van der Waals surface area contributed by atoms with Crippen molar-refractivity contribution in [2.24, 2.45) is 0 Å². The summed E-state index contributed by atoms with van der Waals surface area (Å²) in [6.45, 7) is 7.31. The number of benzene rings is 2. The van der Waals surface area contributed by atoms with Crippen LogP contribution in [-0.2, 0) is 13.1 Å². The topological polar surface area (TPSA) is 93.2 Å². The summed E-state index contributed by atoms with van der Waals surface area (Å²) >= 11 is 0. The molecule has 40 heavy (non-hydrogen) atoms. The number of nitrogens with zero attached hydrogens (tertiary/aromatic N) is 6. The molecular weight excluding hydrogens is 506 g/mol. The number of aryl methyl sites for hydroxylation is 1. The van der Waals surface area contributed by atoms with Crippen LogP contribution in [0.1, 0.15) is 16.7 Å². The highest BCUT2D eigenvalue weighted by Gasteiger charge is 2.22. The molecule has 206 valence electrons. The minimum atomic E-state index is 0.526. The first-order valence-corrected chi connectivity index (χ1v) is 13.4. The van der Waals surface area contributed by atoms with Gasteiger partial charge in [-0.1, -0.05) is 24.3 Å². The summed E-state index contributed by atoms with van der Waals surface area (Å²) in [6.07, 6.45) is 3.53. The zero-order valence-electron chi connectivity index (χ0n) is 23.0. The summed E-state index contributed by atoms with van der Waals surface area (Å²) in [5.74, 6) is 3.11. The van der Waals surface area contributed by atoms with Gasteiger partial charge in [-0.2, -0.15) is 4.52 Å². The van der Waals surface area contributed by atoms with Crippen molar-refractivity contribution in [1.82, 2.24) is 24.5 Å². The van der Waals surface area contributed by atoms with Gasteiger partial charge in [0.25, 0.3) is 0 Å². The van der Waals surface area contributed by atoms with E-state index in [1.807, 2.05) is 36.5 Å². The molecule has 0 aliphatic carbocycles. The highest BCUT2D eigenvalue weighted by Crippen LogP contribution is 2.28. The van der Waals surface area contributed by atoms with E-state index in [2.05, 4.69) is 46.3 Å². The lowest BCUT2D eigenvalue weighted by Gasteiger charge is -2.36. The molecule has 0 bridgehead atoms. The lowest BCUT2D eigenvalue weighted by atomic mass is 10.1. The Kier molecular flexibility index (Phi) is 7.24.